The van der Waals surface area contributed by atoms with Crippen molar-refractivity contribution in [2.45, 2.75) is 39.8 Å². The predicted octanol–water partition coefficient (Wildman–Crippen LogP) is 2.45. The molecular formula is C15H27N3OS. The van der Waals surface area contributed by atoms with E-state index in [0.717, 1.165) is 44.2 Å². The van der Waals surface area contributed by atoms with Crippen LogP contribution < -0.4 is 5.32 Å². The highest BCUT2D eigenvalue weighted by Crippen LogP contribution is 2.28. The molecule has 2 heterocycles. The minimum Gasteiger partial charge on any atom is -0.368 e. The SMILES string of the molecule is CCc1nc(C2CN(C)CCO2)sc1CNCC(C)C. The molecule has 1 N–H and O–H groups in total. The Bertz CT molecular complexity index is 419. The number of nitrogens with zero attached hydrogens (tertiary/aromatic N) is 2. The second kappa shape index (κ2) is 7.50. The van der Waals surface area contributed by atoms with Crippen LogP contribution in [0.3, 0.4) is 0 Å². The van der Waals surface area contributed by atoms with Crippen molar-refractivity contribution in [1.82, 2.24) is 15.2 Å². The van der Waals surface area contributed by atoms with Gasteiger partial charge < -0.3 is 15.0 Å². The third kappa shape index (κ3) is 4.25. The molecule has 0 saturated carbocycles. The maximum atomic E-state index is 5.88. The minimum atomic E-state index is 0.155. The van der Waals surface area contributed by atoms with Crippen LogP contribution in [0, 0.1) is 5.92 Å². The Morgan fingerprint density at radius 3 is 2.95 bits per heavy atom. The van der Waals surface area contributed by atoms with Gasteiger partial charge in [-0.3, -0.25) is 0 Å². The van der Waals surface area contributed by atoms with Gasteiger partial charge in [0.25, 0.3) is 0 Å². The Balaban J connectivity index is 2.01. The van der Waals surface area contributed by atoms with Gasteiger partial charge >= 0.3 is 0 Å². The fourth-order valence-electron chi connectivity index (χ4n) is 2.36. The van der Waals surface area contributed by atoms with Crippen molar-refractivity contribution >= 4 is 11.3 Å². The van der Waals surface area contributed by atoms with Crippen LogP contribution in [-0.4, -0.2) is 43.2 Å². The Morgan fingerprint density at radius 1 is 1.50 bits per heavy atom. The lowest BCUT2D eigenvalue weighted by Crippen LogP contribution is -2.35. The average Bonchev–Trinajstić information content (AvgIpc) is 2.81. The van der Waals surface area contributed by atoms with Crippen LogP contribution >= 0.6 is 11.3 Å². The molecule has 0 aliphatic carbocycles. The van der Waals surface area contributed by atoms with E-state index < -0.39 is 0 Å². The smallest absolute Gasteiger partial charge is 0.123 e. The zero-order valence-electron chi connectivity index (χ0n) is 13.1. The van der Waals surface area contributed by atoms with Crippen molar-refractivity contribution in [1.29, 1.82) is 0 Å². The first kappa shape index (κ1) is 15.9. The summed E-state index contributed by atoms with van der Waals surface area (Å²) in [4.78, 5) is 8.50. The Morgan fingerprint density at radius 2 is 2.30 bits per heavy atom. The lowest BCUT2D eigenvalue weighted by atomic mass is 10.2. The van der Waals surface area contributed by atoms with E-state index in [1.165, 1.54) is 10.6 Å². The van der Waals surface area contributed by atoms with E-state index >= 15 is 0 Å². The topological polar surface area (TPSA) is 37.4 Å². The molecule has 1 saturated heterocycles. The second-order valence-corrected chi connectivity index (χ2v) is 7.04. The molecule has 0 bridgehead atoms. The molecule has 114 valence electrons. The molecule has 1 fully saturated rings. The maximum absolute atomic E-state index is 5.88. The van der Waals surface area contributed by atoms with E-state index in [2.05, 4.69) is 38.0 Å². The van der Waals surface area contributed by atoms with Crippen LogP contribution in [0.5, 0.6) is 0 Å². The predicted molar refractivity (Wildman–Crippen MR) is 84.2 cm³/mol. The van der Waals surface area contributed by atoms with Crippen LogP contribution in [0.4, 0.5) is 0 Å². The summed E-state index contributed by atoms with van der Waals surface area (Å²) in [5.41, 5.74) is 1.23. The summed E-state index contributed by atoms with van der Waals surface area (Å²) in [6, 6.07) is 0. The molecule has 4 nitrogen and oxygen atoms in total. The lowest BCUT2D eigenvalue weighted by molar-refractivity contribution is -0.0210. The van der Waals surface area contributed by atoms with E-state index in [1.807, 2.05) is 11.3 Å². The van der Waals surface area contributed by atoms with Gasteiger partial charge in [0.05, 0.1) is 12.3 Å². The first-order chi connectivity index (χ1) is 9.60. The maximum Gasteiger partial charge on any atom is 0.123 e. The van der Waals surface area contributed by atoms with E-state index in [9.17, 15) is 0 Å². The van der Waals surface area contributed by atoms with Gasteiger partial charge in [-0.25, -0.2) is 4.98 Å². The normalized spacial score (nSPS) is 20.8. The van der Waals surface area contributed by atoms with Gasteiger partial charge in [0.1, 0.15) is 11.1 Å². The van der Waals surface area contributed by atoms with Crippen molar-refractivity contribution in [3.05, 3.63) is 15.6 Å². The van der Waals surface area contributed by atoms with E-state index in [1.54, 1.807) is 0 Å². The Hall–Kier alpha value is -0.490. The summed E-state index contributed by atoms with van der Waals surface area (Å²) in [5, 5.41) is 4.67. The lowest BCUT2D eigenvalue weighted by Gasteiger charge is -2.28. The van der Waals surface area contributed by atoms with Gasteiger partial charge in [0, 0.05) is 24.5 Å². The van der Waals surface area contributed by atoms with Crippen molar-refractivity contribution in [3.8, 4) is 0 Å². The van der Waals surface area contributed by atoms with E-state index in [-0.39, 0.29) is 6.10 Å². The molecule has 0 spiro atoms. The van der Waals surface area contributed by atoms with Gasteiger partial charge in [-0.2, -0.15) is 0 Å². The number of ether oxygens (including phenoxy) is 1. The summed E-state index contributed by atoms with van der Waals surface area (Å²) >= 11 is 1.82. The van der Waals surface area contributed by atoms with Gasteiger partial charge in [0.2, 0.25) is 0 Å². The van der Waals surface area contributed by atoms with Gasteiger partial charge in [-0.15, -0.1) is 11.3 Å². The summed E-state index contributed by atoms with van der Waals surface area (Å²) in [6.07, 6.45) is 1.15. The summed E-state index contributed by atoms with van der Waals surface area (Å²) < 4.78 is 5.88. The molecule has 1 atom stereocenters. The minimum absolute atomic E-state index is 0.155. The standard InChI is InChI=1S/C15H27N3OS/c1-5-12-14(9-16-8-11(2)3)20-15(17-12)13-10-18(4)6-7-19-13/h11,13,16H,5-10H2,1-4H3. The number of thiazole rings is 1. The summed E-state index contributed by atoms with van der Waals surface area (Å²) in [5.74, 6) is 0.683. The van der Waals surface area contributed by atoms with Crippen LogP contribution in [0.15, 0.2) is 0 Å². The fourth-order valence-corrected chi connectivity index (χ4v) is 3.52. The third-order valence-electron chi connectivity index (χ3n) is 3.51. The second-order valence-electron chi connectivity index (χ2n) is 5.92. The molecule has 1 aliphatic rings. The Labute approximate surface area is 126 Å². The summed E-state index contributed by atoms with van der Waals surface area (Å²) in [6.45, 7) is 11.4. The van der Waals surface area contributed by atoms with Crippen LogP contribution in [0.1, 0.15) is 42.5 Å². The summed E-state index contributed by atoms with van der Waals surface area (Å²) in [7, 11) is 2.15. The van der Waals surface area contributed by atoms with Crippen molar-refractivity contribution in [2.24, 2.45) is 5.92 Å². The number of morpholine rings is 1. The number of aromatic nitrogens is 1. The zero-order valence-corrected chi connectivity index (χ0v) is 13.9. The number of hydrogen-bond acceptors (Lipinski definition) is 5. The monoisotopic (exact) mass is 297 g/mol. The molecule has 1 aromatic heterocycles. The number of hydrogen-bond donors (Lipinski definition) is 1. The highest BCUT2D eigenvalue weighted by molar-refractivity contribution is 7.11. The van der Waals surface area contributed by atoms with Gasteiger partial charge in [-0.05, 0) is 25.9 Å². The van der Waals surface area contributed by atoms with Crippen LogP contribution in [0.25, 0.3) is 0 Å². The number of rotatable bonds is 6. The third-order valence-corrected chi connectivity index (χ3v) is 4.70. The van der Waals surface area contributed by atoms with Crippen LogP contribution in [-0.2, 0) is 17.7 Å². The molecule has 1 aromatic rings. The molecule has 1 unspecified atom stereocenters. The molecule has 0 amide bonds. The molecule has 5 heteroatoms. The molecule has 0 aromatic carbocycles. The van der Waals surface area contributed by atoms with E-state index in [0.29, 0.717) is 5.92 Å². The molecule has 1 aliphatic heterocycles. The first-order valence-electron chi connectivity index (χ1n) is 7.59. The number of nitrogens with one attached hydrogen (secondary N) is 1. The fraction of sp³-hybridized carbons (Fsp3) is 0.800. The Kier molecular flexibility index (Phi) is 5.96. The van der Waals surface area contributed by atoms with Gasteiger partial charge in [-0.1, -0.05) is 20.8 Å². The molecule has 2 rings (SSSR count). The highest BCUT2D eigenvalue weighted by atomic mass is 32.1. The van der Waals surface area contributed by atoms with Crippen LogP contribution in [0.2, 0.25) is 0 Å². The molecule has 20 heavy (non-hydrogen) atoms. The molecule has 0 radical (unpaired) electrons. The number of likely N-dealkylation sites (N-methyl/N-ethyl adjacent to an activating group) is 1. The zero-order chi connectivity index (χ0) is 14.5. The molecular weight excluding hydrogens is 270 g/mol. The van der Waals surface area contributed by atoms with E-state index in [4.69, 9.17) is 9.72 Å². The van der Waals surface area contributed by atoms with Crippen molar-refractivity contribution in [3.63, 3.8) is 0 Å². The highest BCUT2D eigenvalue weighted by Gasteiger charge is 2.23. The average molecular weight is 297 g/mol. The number of aryl methyl sites for hydroxylation is 1. The van der Waals surface area contributed by atoms with Gasteiger partial charge in [0.15, 0.2) is 0 Å². The van der Waals surface area contributed by atoms with Crippen molar-refractivity contribution in [2.75, 3.05) is 33.3 Å². The van der Waals surface area contributed by atoms with Crippen molar-refractivity contribution < 1.29 is 4.74 Å². The quantitative estimate of drug-likeness (QED) is 0.875. The first-order valence-corrected chi connectivity index (χ1v) is 8.41. The largest absolute Gasteiger partial charge is 0.368 e.